The third-order valence-corrected chi connectivity index (χ3v) is 6.28. The monoisotopic (exact) mass is 427 g/mol. The van der Waals surface area contributed by atoms with Gasteiger partial charge in [0.2, 0.25) is 0 Å². The average Bonchev–Trinajstić information content (AvgIpc) is 3.42. The van der Waals surface area contributed by atoms with Crippen LogP contribution in [-0.2, 0) is 13.5 Å². The molecule has 0 saturated heterocycles. The largest absolute Gasteiger partial charge is 0.352 e. The second-order valence-corrected chi connectivity index (χ2v) is 8.39. The number of amides is 1. The van der Waals surface area contributed by atoms with Gasteiger partial charge in [0.1, 0.15) is 0 Å². The number of rotatable bonds is 5. The first-order valence-corrected chi connectivity index (χ1v) is 11.0. The number of aromatic nitrogens is 4. The van der Waals surface area contributed by atoms with Gasteiger partial charge in [-0.2, -0.15) is 5.10 Å². The summed E-state index contributed by atoms with van der Waals surface area (Å²) in [4.78, 5) is 23.5. The van der Waals surface area contributed by atoms with Crippen molar-refractivity contribution in [2.75, 3.05) is 6.54 Å². The summed E-state index contributed by atoms with van der Waals surface area (Å²) in [5.41, 5.74) is 5.01. The van der Waals surface area contributed by atoms with Gasteiger partial charge in [-0.05, 0) is 42.5 Å². The lowest BCUT2D eigenvalue weighted by Gasteiger charge is -2.10. The lowest BCUT2D eigenvalue weighted by atomic mass is 10.1. The zero-order valence-corrected chi connectivity index (χ0v) is 18.1. The van der Waals surface area contributed by atoms with Crippen LogP contribution in [0.3, 0.4) is 0 Å². The molecule has 5 rings (SSSR count). The summed E-state index contributed by atoms with van der Waals surface area (Å²) in [6, 6.07) is 16.0. The van der Waals surface area contributed by atoms with Gasteiger partial charge in [0.15, 0.2) is 5.65 Å². The normalized spacial score (nSPS) is 11.3. The Kier molecular flexibility index (Phi) is 4.95. The predicted molar refractivity (Wildman–Crippen MR) is 124 cm³/mol. The highest BCUT2D eigenvalue weighted by molar-refractivity contribution is 7.13. The molecule has 4 heterocycles. The maximum absolute atomic E-state index is 13.2. The van der Waals surface area contributed by atoms with Gasteiger partial charge in [0.05, 0.1) is 32.7 Å². The number of carbonyl (C=O) groups is 1. The minimum absolute atomic E-state index is 0.116. The summed E-state index contributed by atoms with van der Waals surface area (Å²) in [6.45, 7) is 2.43. The number of hydrogen-bond acceptors (Lipinski definition) is 5. The van der Waals surface area contributed by atoms with Gasteiger partial charge in [0, 0.05) is 25.2 Å². The molecular formula is C24H21N5OS. The number of benzene rings is 1. The van der Waals surface area contributed by atoms with E-state index < -0.39 is 0 Å². The Balaban J connectivity index is 1.44. The van der Waals surface area contributed by atoms with E-state index in [1.807, 2.05) is 49.7 Å². The molecule has 1 amide bonds. The summed E-state index contributed by atoms with van der Waals surface area (Å²) in [5.74, 6) is -0.116. The molecule has 0 atom stereocenters. The Labute approximate surface area is 183 Å². The summed E-state index contributed by atoms with van der Waals surface area (Å²) in [7, 11) is 1.86. The molecule has 1 N–H and O–H groups in total. The molecule has 0 spiro atoms. The van der Waals surface area contributed by atoms with E-state index in [9.17, 15) is 4.79 Å². The fourth-order valence-corrected chi connectivity index (χ4v) is 4.64. The van der Waals surface area contributed by atoms with Crippen molar-refractivity contribution in [3.8, 4) is 10.6 Å². The van der Waals surface area contributed by atoms with E-state index >= 15 is 0 Å². The fraction of sp³-hybridized carbons (Fsp3) is 0.167. The maximum Gasteiger partial charge on any atom is 0.252 e. The second kappa shape index (κ2) is 7.92. The highest BCUT2D eigenvalue weighted by atomic mass is 32.1. The zero-order valence-electron chi connectivity index (χ0n) is 17.3. The van der Waals surface area contributed by atoms with Gasteiger partial charge in [-0.3, -0.25) is 14.5 Å². The van der Waals surface area contributed by atoms with Gasteiger partial charge in [0.25, 0.3) is 5.91 Å². The Morgan fingerprint density at radius 2 is 2.03 bits per heavy atom. The number of para-hydroxylation sites is 1. The van der Waals surface area contributed by atoms with Gasteiger partial charge in [-0.25, -0.2) is 4.98 Å². The fourth-order valence-electron chi connectivity index (χ4n) is 3.95. The summed E-state index contributed by atoms with van der Waals surface area (Å²) < 4.78 is 1.74. The van der Waals surface area contributed by atoms with Crippen molar-refractivity contribution >= 4 is 39.2 Å². The van der Waals surface area contributed by atoms with Crippen LogP contribution in [0.25, 0.3) is 32.5 Å². The molecule has 0 saturated carbocycles. The molecule has 31 heavy (non-hydrogen) atoms. The van der Waals surface area contributed by atoms with Crippen LogP contribution < -0.4 is 5.32 Å². The number of thiophene rings is 1. The van der Waals surface area contributed by atoms with E-state index in [-0.39, 0.29) is 5.91 Å². The van der Waals surface area contributed by atoms with Crippen molar-refractivity contribution in [2.45, 2.75) is 13.3 Å². The van der Waals surface area contributed by atoms with E-state index in [0.29, 0.717) is 24.2 Å². The van der Waals surface area contributed by atoms with E-state index in [4.69, 9.17) is 4.98 Å². The summed E-state index contributed by atoms with van der Waals surface area (Å²) in [5, 5.41) is 11.5. The summed E-state index contributed by atoms with van der Waals surface area (Å²) >= 11 is 1.60. The minimum atomic E-state index is -0.116. The zero-order chi connectivity index (χ0) is 21.4. The molecule has 1 aromatic carbocycles. The quantitative estimate of drug-likeness (QED) is 0.447. The van der Waals surface area contributed by atoms with Crippen LogP contribution in [0.5, 0.6) is 0 Å². The molecule has 0 radical (unpaired) electrons. The van der Waals surface area contributed by atoms with Gasteiger partial charge in [-0.1, -0.05) is 30.3 Å². The molecule has 154 valence electrons. The Bertz CT molecular complexity index is 1400. The molecular weight excluding hydrogens is 406 g/mol. The standard InChI is InChI=1S/C24H21N5OS/c1-15-21-18(14-19(20-9-5-13-31-20)27-23(21)29(2)28-15)24(30)26-12-10-17-7-3-6-16-8-4-11-25-22(16)17/h3-9,11,13-14H,10,12H2,1-2H3,(H,26,30). The third kappa shape index (κ3) is 3.57. The van der Waals surface area contributed by atoms with Gasteiger partial charge < -0.3 is 5.32 Å². The Morgan fingerprint density at radius 1 is 1.16 bits per heavy atom. The Morgan fingerprint density at radius 3 is 2.87 bits per heavy atom. The molecule has 0 unspecified atom stereocenters. The average molecular weight is 428 g/mol. The van der Waals surface area contributed by atoms with Crippen molar-refractivity contribution < 1.29 is 4.79 Å². The molecule has 0 fully saturated rings. The van der Waals surface area contributed by atoms with Crippen LogP contribution in [0.4, 0.5) is 0 Å². The number of nitrogens with one attached hydrogen (secondary N) is 1. The molecule has 0 bridgehead atoms. The van der Waals surface area contributed by atoms with Crippen LogP contribution >= 0.6 is 11.3 Å². The third-order valence-electron chi connectivity index (χ3n) is 5.38. The highest BCUT2D eigenvalue weighted by Crippen LogP contribution is 2.29. The molecule has 0 aliphatic rings. The van der Waals surface area contributed by atoms with Crippen molar-refractivity contribution in [3.05, 3.63) is 76.9 Å². The van der Waals surface area contributed by atoms with Crippen LogP contribution in [0.2, 0.25) is 0 Å². The van der Waals surface area contributed by atoms with E-state index in [1.165, 1.54) is 0 Å². The van der Waals surface area contributed by atoms with Crippen molar-refractivity contribution in [3.63, 3.8) is 0 Å². The van der Waals surface area contributed by atoms with Crippen LogP contribution in [0.15, 0.2) is 60.1 Å². The number of carbonyl (C=O) groups excluding carboxylic acids is 1. The number of aryl methyl sites for hydroxylation is 2. The first kappa shape index (κ1) is 19.4. The van der Waals surface area contributed by atoms with Crippen molar-refractivity contribution in [1.29, 1.82) is 0 Å². The SMILES string of the molecule is Cc1nn(C)c2nc(-c3cccs3)cc(C(=O)NCCc3cccc4cccnc34)c12. The molecule has 5 aromatic rings. The molecule has 6 nitrogen and oxygen atoms in total. The second-order valence-electron chi connectivity index (χ2n) is 7.44. The van der Waals surface area contributed by atoms with E-state index in [2.05, 4.69) is 33.6 Å². The minimum Gasteiger partial charge on any atom is -0.352 e. The van der Waals surface area contributed by atoms with E-state index in [0.717, 1.165) is 38.1 Å². The first-order chi connectivity index (χ1) is 15.1. The highest BCUT2D eigenvalue weighted by Gasteiger charge is 2.19. The van der Waals surface area contributed by atoms with Gasteiger partial charge in [-0.15, -0.1) is 11.3 Å². The lowest BCUT2D eigenvalue weighted by molar-refractivity contribution is 0.0955. The van der Waals surface area contributed by atoms with Crippen LogP contribution in [0, 0.1) is 6.92 Å². The number of hydrogen-bond donors (Lipinski definition) is 1. The first-order valence-electron chi connectivity index (χ1n) is 10.1. The summed E-state index contributed by atoms with van der Waals surface area (Å²) in [6.07, 6.45) is 2.51. The van der Waals surface area contributed by atoms with Crippen LogP contribution in [-0.4, -0.2) is 32.2 Å². The lowest BCUT2D eigenvalue weighted by Crippen LogP contribution is -2.26. The Hall–Kier alpha value is -3.58. The molecule has 0 aliphatic carbocycles. The molecule has 4 aromatic heterocycles. The molecule has 7 heteroatoms. The topological polar surface area (TPSA) is 72.7 Å². The van der Waals surface area contributed by atoms with Gasteiger partial charge >= 0.3 is 0 Å². The number of pyridine rings is 2. The predicted octanol–water partition coefficient (Wildman–Crippen LogP) is 4.53. The molecule has 0 aliphatic heterocycles. The number of fused-ring (bicyclic) bond motifs is 2. The number of nitrogens with zero attached hydrogens (tertiary/aromatic N) is 4. The van der Waals surface area contributed by atoms with Crippen molar-refractivity contribution in [2.24, 2.45) is 7.05 Å². The van der Waals surface area contributed by atoms with Crippen LogP contribution in [0.1, 0.15) is 21.6 Å². The maximum atomic E-state index is 13.2. The smallest absolute Gasteiger partial charge is 0.252 e. The van der Waals surface area contributed by atoms with E-state index in [1.54, 1.807) is 22.2 Å². The van der Waals surface area contributed by atoms with Crippen molar-refractivity contribution in [1.82, 2.24) is 25.1 Å².